The van der Waals surface area contributed by atoms with Gasteiger partial charge in [0.05, 0.1) is 17.3 Å². The van der Waals surface area contributed by atoms with Crippen LogP contribution in [0.5, 0.6) is 0 Å². The maximum absolute atomic E-state index is 11.3. The SMILES string of the molecule is Cc1nn(C2CCNCC2)c2cc(C(N)=O)ccc12. The lowest BCUT2D eigenvalue weighted by molar-refractivity contribution is 0.100. The van der Waals surface area contributed by atoms with Gasteiger partial charge in [-0.05, 0) is 45.0 Å². The third-order valence-electron chi connectivity index (χ3n) is 3.83. The van der Waals surface area contributed by atoms with Gasteiger partial charge in [-0.15, -0.1) is 0 Å². The highest BCUT2D eigenvalue weighted by Gasteiger charge is 2.19. The molecule has 5 heteroatoms. The van der Waals surface area contributed by atoms with E-state index in [2.05, 4.69) is 15.1 Å². The molecule has 0 radical (unpaired) electrons. The van der Waals surface area contributed by atoms with Crippen LogP contribution >= 0.6 is 0 Å². The molecule has 0 saturated carbocycles. The van der Waals surface area contributed by atoms with Gasteiger partial charge in [0.1, 0.15) is 0 Å². The predicted octanol–water partition coefficient (Wildman–Crippen LogP) is 1.37. The van der Waals surface area contributed by atoms with Gasteiger partial charge >= 0.3 is 0 Å². The van der Waals surface area contributed by atoms with Gasteiger partial charge in [0.25, 0.3) is 0 Å². The average Bonchev–Trinajstić information content (AvgIpc) is 2.77. The first kappa shape index (κ1) is 12.2. The fourth-order valence-corrected chi connectivity index (χ4v) is 2.78. The Morgan fingerprint density at radius 2 is 2.16 bits per heavy atom. The summed E-state index contributed by atoms with van der Waals surface area (Å²) in [5.74, 6) is -0.391. The Labute approximate surface area is 111 Å². The third-order valence-corrected chi connectivity index (χ3v) is 3.83. The molecule has 2 heterocycles. The molecule has 0 aliphatic carbocycles. The summed E-state index contributed by atoms with van der Waals surface area (Å²) in [6.45, 7) is 4.03. The highest BCUT2D eigenvalue weighted by molar-refractivity contribution is 5.97. The number of aryl methyl sites for hydroxylation is 1. The molecular weight excluding hydrogens is 240 g/mol. The van der Waals surface area contributed by atoms with E-state index in [1.54, 1.807) is 6.07 Å². The van der Waals surface area contributed by atoms with Crippen LogP contribution in [-0.2, 0) is 0 Å². The Kier molecular flexibility index (Phi) is 2.98. The molecule has 3 rings (SSSR count). The highest BCUT2D eigenvalue weighted by Crippen LogP contribution is 2.26. The normalized spacial score (nSPS) is 16.9. The molecule has 2 aromatic rings. The number of fused-ring (bicyclic) bond motifs is 1. The van der Waals surface area contributed by atoms with Crippen LogP contribution in [0.15, 0.2) is 18.2 Å². The first-order valence-electron chi connectivity index (χ1n) is 6.66. The zero-order chi connectivity index (χ0) is 13.4. The van der Waals surface area contributed by atoms with E-state index in [0.29, 0.717) is 11.6 Å². The van der Waals surface area contributed by atoms with Crippen molar-refractivity contribution < 1.29 is 4.79 Å². The molecule has 19 heavy (non-hydrogen) atoms. The van der Waals surface area contributed by atoms with Gasteiger partial charge in [-0.2, -0.15) is 5.10 Å². The Morgan fingerprint density at radius 1 is 1.42 bits per heavy atom. The van der Waals surface area contributed by atoms with E-state index in [4.69, 9.17) is 5.73 Å². The second-order valence-electron chi connectivity index (χ2n) is 5.11. The fraction of sp³-hybridized carbons (Fsp3) is 0.429. The number of hydrogen-bond donors (Lipinski definition) is 2. The minimum Gasteiger partial charge on any atom is -0.366 e. The number of amides is 1. The molecule has 0 unspecified atom stereocenters. The summed E-state index contributed by atoms with van der Waals surface area (Å²) >= 11 is 0. The van der Waals surface area contributed by atoms with E-state index >= 15 is 0 Å². The smallest absolute Gasteiger partial charge is 0.248 e. The first-order chi connectivity index (χ1) is 9.16. The number of carbonyl (C=O) groups excluding carboxylic acids is 1. The summed E-state index contributed by atoms with van der Waals surface area (Å²) < 4.78 is 2.07. The second-order valence-corrected chi connectivity index (χ2v) is 5.11. The third kappa shape index (κ3) is 2.10. The van der Waals surface area contributed by atoms with Crippen molar-refractivity contribution >= 4 is 16.8 Å². The van der Waals surface area contributed by atoms with E-state index in [0.717, 1.165) is 42.5 Å². The predicted molar refractivity (Wildman–Crippen MR) is 74.1 cm³/mol. The van der Waals surface area contributed by atoms with Crippen LogP contribution in [0.25, 0.3) is 10.9 Å². The zero-order valence-electron chi connectivity index (χ0n) is 11.0. The van der Waals surface area contributed by atoms with Crippen molar-refractivity contribution in [2.45, 2.75) is 25.8 Å². The Hall–Kier alpha value is -1.88. The maximum atomic E-state index is 11.3. The van der Waals surface area contributed by atoms with Gasteiger partial charge in [-0.1, -0.05) is 6.07 Å². The molecule has 3 N–H and O–H groups in total. The topological polar surface area (TPSA) is 72.9 Å². The Bertz CT molecular complexity index is 626. The second kappa shape index (κ2) is 4.66. The van der Waals surface area contributed by atoms with Crippen molar-refractivity contribution in [1.82, 2.24) is 15.1 Å². The number of benzene rings is 1. The van der Waals surface area contributed by atoms with E-state index in [1.165, 1.54) is 0 Å². The monoisotopic (exact) mass is 258 g/mol. The molecule has 0 bridgehead atoms. The van der Waals surface area contributed by atoms with Crippen LogP contribution in [0.3, 0.4) is 0 Å². The minimum absolute atomic E-state index is 0.391. The van der Waals surface area contributed by atoms with Crippen molar-refractivity contribution in [2.24, 2.45) is 5.73 Å². The van der Waals surface area contributed by atoms with Gasteiger partial charge in [-0.3, -0.25) is 9.48 Å². The Morgan fingerprint density at radius 3 is 2.84 bits per heavy atom. The quantitative estimate of drug-likeness (QED) is 0.854. The number of nitrogens with zero attached hydrogens (tertiary/aromatic N) is 2. The van der Waals surface area contributed by atoms with Crippen molar-refractivity contribution in [3.05, 3.63) is 29.5 Å². The number of piperidine rings is 1. The molecule has 0 atom stereocenters. The number of primary amides is 1. The molecule has 1 aromatic carbocycles. The van der Waals surface area contributed by atoms with Crippen molar-refractivity contribution in [1.29, 1.82) is 0 Å². The number of hydrogen-bond acceptors (Lipinski definition) is 3. The van der Waals surface area contributed by atoms with Crippen molar-refractivity contribution in [2.75, 3.05) is 13.1 Å². The largest absolute Gasteiger partial charge is 0.366 e. The Balaban J connectivity index is 2.12. The van der Waals surface area contributed by atoms with E-state index in [1.807, 2.05) is 19.1 Å². The zero-order valence-corrected chi connectivity index (χ0v) is 11.0. The fourth-order valence-electron chi connectivity index (χ4n) is 2.78. The number of rotatable bonds is 2. The number of aromatic nitrogens is 2. The van der Waals surface area contributed by atoms with Crippen molar-refractivity contribution in [3.8, 4) is 0 Å². The summed E-state index contributed by atoms with van der Waals surface area (Å²) in [7, 11) is 0. The summed E-state index contributed by atoms with van der Waals surface area (Å²) in [6.07, 6.45) is 2.13. The standard InChI is InChI=1S/C14H18N4O/c1-9-12-3-2-10(14(15)19)8-13(12)18(17-9)11-4-6-16-7-5-11/h2-3,8,11,16H,4-7H2,1H3,(H2,15,19). The molecule has 1 aliphatic rings. The van der Waals surface area contributed by atoms with Gasteiger partial charge in [0.2, 0.25) is 5.91 Å². The molecule has 5 nitrogen and oxygen atoms in total. The lowest BCUT2D eigenvalue weighted by Crippen LogP contribution is -2.29. The molecule has 1 aliphatic heterocycles. The number of carbonyl (C=O) groups is 1. The van der Waals surface area contributed by atoms with E-state index in [9.17, 15) is 4.79 Å². The number of nitrogens with two attached hydrogens (primary N) is 1. The summed E-state index contributed by atoms with van der Waals surface area (Å²) in [6, 6.07) is 5.97. The first-order valence-corrected chi connectivity index (χ1v) is 6.66. The lowest BCUT2D eigenvalue weighted by atomic mass is 10.1. The molecule has 1 fully saturated rings. The van der Waals surface area contributed by atoms with Crippen LogP contribution in [0, 0.1) is 6.92 Å². The van der Waals surface area contributed by atoms with Crippen LogP contribution < -0.4 is 11.1 Å². The molecular formula is C14H18N4O. The van der Waals surface area contributed by atoms with Crippen LogP contribution in [0.1, 0.15) is 34.9 Å². The van der Waals surface area contributed by atoms with Gasteiger partial charge in [0.15, 0.2) is 0 Å². The maximum Gasteiger partial charge on any atom is 0.248 e. The van der Waals surface area contributed by atoms with Gasteiger partial charge in [0, 0.05) is 10.9 Å². The van der Waals surface area contributed by atoms with E-state index < -0.39 is 5.91 Å². The minimum atomic E-state index is -0.391. The summed E-state index contributed by atoms with van der Waals surface area (Å²) in [4.78, 5) is 11.3. The number of nitrogens with one attached hydrogen (secondary N) is 1. The average molecular weight is 258 g/mol. The molecule has 0 spiro atoms. The molecule has 1 amide bonds. The molecule has 1 saturated heterocycles. The lowest BCUT2D eigenvalue weighted by Gasteiger charge is -2.23. The summed E-state index contributed by atoms with van der Waals surface area (Å²) in [5, 5.41) is 9.10. The van der Waals surface area contributed by atoms with Crippen LogP contribution in [0.4, 0.5) is 0 Å². The van der Waals surface area contributed by atoms with E-state index in [-0.39, 0.29) is 0 Å². The van der Waals surface area contributed by atoms with Gasteiger partial charge in [-0.25, -0.2) is 0 Å². The molecule has 1 aromatic heterocycles. The van der Waals surface area contributed by atoms with Gasteiger partial charge < -0.3 is 11.1 Å². The molecule has 100 valence electrons. The summed E-state index contributed by atoms with van der Waals surface area (Å²) in [5.41, 5.74) is 7.92. The van der Waals surface area contributed by atoms with Crippen LogP contribution in [0.2, 0.25) is 0 Å². The highest BCUT2D eigenvalue weighted by atomic mass is 16.1. The van der Waals surface area contributed by atoms with Crippen molar-refractivity contribution in [3.63, 3.8) is 0 Å². The van der Waals surface area contributed by atoms with Crippen LogP contribution in [-0.4, -0.2) is 28.8 Å².